The van der Waals surface area contributed by atoms with Gasteiger partial charge in [0, 0.05) is 0 Å². The molecular weight excluding hydrogens is 174 g/mol. The van der Waals surface area contributed by atoms with Crippen molar-refractivity contribution in [3.63, 3.8) is 0 Å². The molecule has 0 aromatic heterocycles. The minimum Gasteiger partial charge on any atom is -0.484 e. The first-order valence-corrected chi connectivity index (χ1v) is 5.19. The summed E-state index contributed by atoms with van der Waals surface area (Å²) >= 11 is 0. The second kappa shape index (κ2) is 4.36. The summed E-state index contributed by atoms with van der Waals surface area (Å²) < 4.78 is 5.76. The third-order valence-electron chi connectivity index (χ3n) is 1.98. The van der Waals surface area contributed by atoms with E-state index in [1.165, 1.54) is 0 Å². The Balaban J connectivity index is 0.000000461. The summed E-state index contributed by atoms with van der Waals surface area (Å²) in [6.07, 6.45) is 0. The Morgan fingerprint density at radius 1 is 1.21 bits per heavy atom. The van der Waals surface area contributed by atoms with E-state index in [1.54, 1.807) is 0 Å². The number of fused-ring (bicyclic) bond motifs is 1. The molecule has 0 spiro atoms. The highest BCUT2D eigenvalue weighted by atomic mass is 16.5. The van der Waals surface area contributed by atoms with Crippen LogP contribution in [0.4, 0.5) is 5.69 Å². The summed E-state index contributed by atoms with van der Waals surface area (Å²) in [6, 6.07) is 8.02. The third kappa shape index (κ3) is 2.41. The molecule has 1 N–H and O–H groups in total. The van der Waals surface area contributed by atoms with Gasteiger partial charge in [-0.3, -0.25) is 0 Å². The molecular formula is C12H19NO. The van der Waals surface area contributed by atoms with Gasteiger partial charge < -0.3 is 10.1 Å². The van der Waals surface area contributed by atoms with E-state index in [1.807, 2.05) is 38.1 Å². The first kappa shape index (κ1) is 10.9. The molecule has 0 saturated heterocycles. The third-order valence-corrected chi connectivity index (χ3v) is 1.98. The van der Waals surface area contributed by atoms with Crippen LogP contribution in [0, 0.1) is 0 Å². The minimum absolute atomic E-state index is 0.0889. The molecule has 2 rings (SSSR count). The largest absolute Gasteiger partial charge is 0.484 e. The van der Waals surface area contributed by atoms with Crippen molar-refractivity contribution in [2.75, 3.05) is 11.9 Å². The summed E-state index contributed by atoms with van der Waals surface area (Å²) in [7, 11) is 0. The molecule has 1 aromatic rings. The van der Waals surface area contributed by atoms with E-state index in [-0.39, 0.29) is 5.60 Å². The lowest BCUT2D eigenvalue weighted by Crippen LogP contribution is -2.39. The number of anilines is 1. The van der Waals surface area contributed by atoms with Crippen molar-refractivity contribution in [3.8, 4) is 5.75 Å². The number of hydrogen-bond donors (Lipinski definition) is 1. The van der Waals surface area contributed by atoms with Crippen molar-refractivity contribution in [1.82, 2.24) is 0 Å². The zero-order valence-electron chi connectivity index (χ0n) is 9.42. The number of nitrogens with one attached hydrogen (secondary N) is 1. The van der Waals surface area contributed by atoms with Crippen molar-refractivity contribution in [2.24, 2.45) is 0 Å². The van der Waals surface area contributed by atoms with Crippen molar-refractivity contribution in [3.05, 3.63) is 24.3 Å². The Bertz CT molecular complexity index is 294. The molecule has 0 amide bonds. The average molecular weight is 193 g/mol. The normalized spacial score (nSPS) is 16.6. The van der Waals surface area contributed by atoms with Crippen LogP contribution in [0.3, 0.4) is 0 Å². The summed E-state index contributed by atoms with van der Waals surface area (Å²) in [5.74, 6) is 0.953. The van der Waals surface area contributed by atoms with Crippen LogP contribution in [0.15, 0.2) is 24.3 Å². The van der Waals surface area contributed by atoms with Crippen molar-refractivity contribution < 1.29 is 4.74 Å². The summed E-state index contributed by atoms with van der Waals surface area (Å²) in [5.41, 5.74) is 1.01. The lowest BCUT2D eigenvalue weighted by atomic mass is 10.1. The fraction of sp³-hybridized carbons (Fsp3) is 0.500. The van der Waals surface area contributed by atoms with Crippen molar-refractivity contribution >= 4 is 5.69 Å². The molecule has 14 heavy (non-hydrogen) atoms. The maximum Gasteiger partial charge on any atom is 0.143 e. The predicted octanol–water partition coefficient (Wildman–Crippen LogP) is 3.30. The van der Waals surface area contributed by atoms with Gasteiger partial charge in [0.05, 0.1) is 12.2 Å². The number of rotatable bonds is 0. The molecule has 2 heteroatoms. The monoisotopic (exact) mass is 193 g/mol. The van der Waals surface area contributed by atoms with Crippen LogP contribution in [0.2, 0.25) is 0 Å². The molecule has 1 aliphatic heterocycles. The van der Waals surface area contributed by atoms with Gasteiger partial charge in [-0.25, -0.2) is 0 Å². The van der Waals surface area contributed by atoms with E-state index in [0.717, 1.165) is 18.0 Å². The van der Waals surface area contributed by atoms with Gasteiger partial charge >= 0.3 is 0 Å². The number of benzene rings is 1. The van der Waals surface area contributed by atoms with Gasteiger partial charge in [0.15, 0.2) is 0 Å². The Morgan fingerprint density at radius 2 is 1.86 bits per heavy atom. The molecule has 78 valence electrons. The van der Waals surface area contributed by atoms with Gasteiger partial charge in [-0.2, -0.15) is 0 Å². The lowest BCUT2D eigenvalue weighted by Gasteiger charge is -2.33. The van der Waals surface area contributed by atoms with E-state index >= 15 is 0 Å². The molecule has 0 saturated carbocycles. The molecule has 0 fully saturated rings. The van der Waals surface area contributed by atoms with Gasteiger partial charge in [0.25, 0.3) is 0 Å². The maximum absolute atomic E-state index is 5.76. The molecule has 0 atom stereocenters. The van der Waals surface area contributed by atoms with Crippen LogP contribution in [0.5, 0.6) is 5.75 Å². The minimum atomic E-state index is -0.0889. The topological polar surface area (TPSA) is 21.3 Å². The van der Waals surface area contributed by atoms with Gasteiger partial charge in [-0.1, -0.05) is 26.0 Å². The quantitative estimate of drug-likeness (QED) is 0.682. The standard InChI is InChI=1S/C10H13NO.C2H6/c1-10(2)7-11-8-5-3-4-6-9(8)12-10;1-2/h3-6,11H,7H2,1-2H3;1-2H3. The second-order valence-corrected chi connectivity index (χ2v) is 3.71. The highest BCUT2D eigenvalue weighted by Crippen LogP contribution is 2.31. The van der Waals surface area contributed by atoms with Crippen LogP contribution in [0.25, 0.3) is 0 Å². The average Bonchev–Trinajstić information content (AvgIpc) is 2.19. The number of ether oxygens (including phenoxy) is 1. The van der Waals surface area contributed by atoms with E-state index in [2.05, 4.69) is 19.2 Å². The number of hydrogen-bond acceptors (Lipinski definition) is 2. The molecule has 0 bridgehead atoms. The fourth-order valence-electron chi connectivity index (χ4n) is 1.34. The summed E-state index contributed by atoms with van der Waals surface area (Å²) in [4.78, 5) is 0. The molecule has 0 radical (unpaired) electrons. The van der Waals surface area contributed by atoms with Crippen LogP contribution >= 0.6 is 0 Å². The van der Waals surface area contributed by atoms with E-state index in [4.69, 9.17) is 4.74 Å². The Labute approximate surface area is 86.3 Å². The van der Waals surface area contributed by atoms with Crippen LogP contribution < -0.4 is 10.1 Å². The van der Waals surface area contributed by atoms with Crippen LogP contribution in [-0.2, 0) is 0 Å². The lowest BCUT2D eigenvalue weighted by molar-refractivity contribution is 0.116. The maximum atomic E-state index is 5.76. The molecule has 1 aliphatic rings. The van der Waals surface area contributed by atoms with E-state index < -0.39 is 0 Å². The Hall–Kier alpha value is -1.18. The van der Waals surface area contributed by atoms with Crippen molar-refractivity contribution in [1.29, 1.82) is 0 Å². The molecule has 2 nitrogen and oxygen atoms in total. The van der Waals surface area contributed by atoms with Gasteiger partial charge in [0.1, 0.15) is 11.4 Å². The first-order valence-electron chi connectivity index (χ1n) is 5.19. The zero-order valence-corrected chi connectivity index (χ0v) is 9.42. The van der Waals surface area contributed by atoms with Gasteiger partial charge in [-0.15, -0.1) is 0 Å². The molecule has 0 aliphatic carbocycles. The summed E-state index contributed by atoms with van der Waals surface area (Å²) in [6.45, 7) is 9.02. The SMILES string of the molecule is CC.CC1(C)CNc2ccccc2O1. The predicted molar refractivity (Wildman–Crippen MR) is 61.0 cm³/mol. The van der Waals surface area contributed by atoms with Gasteiger partial charge in [0.2, 0.25) is 0 Å². The number of para-hydroxylation sites is 2. The van der Waals surface area contributed by atoms with E-state index in [9.17, 15) is 0 Å². The summed E-state index contributed by atoms with van der Waals surface area (Å²) in [5, 5.41) is 3.33. The Morgan fingerprint density at radius 3 is 2.57 bits per heavy atom. The first-order chi connectivity index (χ1) is 6.67. The molecule has 1 heterocycles. The molecule has 0 unspecified atom stereocenters. The highest BCUT2D eigenvalue weighted by Gasteiger charge is 2.25. The van der Waals surface area contributed by atoms with Gasteiger partial charge in [-0.05, 0) is 26.0 Å². The second-order valence-electron chi connectivity index (χ2n) is 3.71. The van der Waals surface area contributed by atoms with Crippen LogP contribution in [-0.4, -0.2) is 12.1 Å². The fourth-order valence-corrected chi connectivity index (χ4v) is 1.34. The van der Waals surface area contributed by atoms with E-state index in [0.29, 0.717) is 0 Å². The van der Waals surface area contributed by atoms with Crippen molar-refractivity contribution in [2.45, 2.75) is 33.3 Å². The van der Waals surface area contributed by atoms with Crippen LogP contribution in [0.1, 0.15) is 27.7 Å². The zero-order chi connectivity index (χ0) is 10.6. The highest BCUT2D eigenvalue weighted by molar-refractivity contribution is 5.58. The Kier molecular flexibility index (Phi) is 3.39. The smallest absolute Gasteiger partial charge is 0.143 e. The molecule has 1 aromatic carbocycles.